The zero-order valence-corrected chi connectivity index (χ0v) is 24.9. The fraction of sp³-hybridized carbons (Fsp3) is 0.324. The molecule has 5 atom stereocenters. The van der Waals surface area contributed by atoms with Gasteiger partial charge in [0.1, 0.15) is 6.10 Å². The molecule has 2 aliphatic heterocycles. The zero-order chi connectivity index (χ0) is 30.3. The van der Waals surface area contributed by atoms with Crippen molar-refractivity contribution in [3.8, 4) is 11.5 Å². The number of carbonyl (C=O) groups excluding carboxylic acids is 1. The van der Waals surface area contributed by atoms with E-state index in [9.17, 15) is 18.3 Å². The number of sulfonamides is 1. The Kier molecular flexibility index (Phi) is 6.04. The largest absolute Gasteiger partial charge is 0.493 e. The summed E-state index contributed by atoms with van der Waals surface area (Å²) in [4.78, 5) is 13.3. The Bertz CT molecular complexity index is 1930. The van der Waals surface area contributed by atoms with Crippen LogP contribution in [0.4, 0.5) is 0 Å². The molecular weight excluding hydrogens is 580 g/mol. The first-order valence-corrected chi connectivity index (χ1v) is 16.3. The fourth-order valence-electron chi connectivity index (χ4n) is 8.41. The van der Waals surface area contributed by atoms with E-state index in [-0.39, 0.29) is 17.3 Å². The number of furan rings is 1. The highest BCUT2D eigenvalue weighted by atomic mass is 32.2. The lowest BCUT2D eigenvalue weighted by Crippen LogP contribution is -2.78. The molecule has 9 nitrogen and oxygen atoms in total. The Morgan fingerprint density at radius 3 is 2.77 bits per heavy atom. The molecule has 4 aromatic rings. The summed E-state index contributed by atoms with van der Waals surface area (Å²) < 4.78 is 48.0. The van der Waals surface area contributed by atoms with Gasteiger partial charge < -0.3 is 24.3 Å². The van der Waals surface area contributed by atoms with Gasteiger partial charge in [-0.15, -0.1) is 0 Å². The number of benzene rings is 3. The Balaban J connectivity index is 1.21. The molecule has 1 aromatic heterocycles. The molecule has 44 heavy (non-hydrogen) atoms. The first-order valence-electron chi connectivity index (χ1n) is 14.9. The Hall–Kier alpha value is -4.12. The molecule has 10 heteroatoms. The van der Waals surface area contributed by atoms with Crippen LogP contribution in [0.5, 0.6) is 11.5 Å². The van der Waals surface area contributed by atoms with Gasteiger partial charge in [-0.1, -0.05) is 42.5 Å². The second-order valence-electron chi connectivity index (χ2n) is 12.2. The number of hydrogen-bond donors (Lipinski definition) is 2. The molecule has 1 amide bonds. The maximum Gasteiger partial charge on any atom is 0.244 e. The highest BCUT2D eigenvalue weighted by Crippen LogP contribution is 2.66. The van der Waals surface area contributed by atoms with Gasteiger partial charge in [-0.05, 0) is 60.9 Å². The quantitative estimate of drug-likeness (QED) is 0.314. The number of ether oxygens (including phenoxy) is 2. The van der Waals surface area contributed by atoms with Crippen LogP contribution in [0.1, 0.15) is 36.0 Å². The first kappa shape index (κ1) is 27.4. The molecule has 0 radical (unpaired) electrons. The maximum atomic E-state index is 14.5. The van der Waals surface area contributed by atoms with E-state index < -0.39 is 39.2 Å². The van der Waals surface area contributed by atoms with Crippen LogP contribution in [0.3, 0.4) is 0 Å². The summed E-state index contributed by atoms with van der Waals surface area (Å²) in [5.74, 6) is 0.851. The van der Waals surface area contributed by atoms with Crippen molar-refractivity contribution in [2.24, 2.45) is 0 Å². The number of nitrogens with one attached hydrogen (secondary N) is 1. The number of piperidine rings is 1. The number of carbonyl (C=O) groups is 1. The summed E-state index contributed by atoms with van der Waals surface area (Å²) in [6.45, 7) is 0.204. The highest BCUT2D eigenvalue weighted by Gasteiger charge is 2.74. The summed E-state index contributed by atoms with van der Waals surface area (Å²) in [5.41, 5.74) is 0.236. The second-order valence-corrected chi connectivity index (χ2v) is 14.0. The van der Waals surface area contributed by atoms with Crippen LogP contribution < -0.4 is 14.8 Å². The van der Waals surface area contributed by atoms with E-state index in [1.54, 1.807) is 43.9 Å². The van der Waals surface area contributed by atoms with Crippen molar-refractivity contribution < 1.29 is 32.2 Å². The molecule has 2 N–H and O–H groups in total. The number of methoxy groups -OCH3 is 1. The lowest BCUT2D eigenvalue weighted by Gasteiger charge is -2.63. The smallest absolute Gasteiger partial charge is 0.244 e. The van der Waals surface area contributed by atoms with E-state index in [0.717, 1.165) is 22.1 Å². The van der Waals surface area contributed by atoms with E-state index in [1.807, 2.05) is 42.5 Å². The summed E-state index contributed by atoms with van der Waals surface area (Å²) >= 11 is 0. The van der Waals surface area contributed by atoms with Crippen LogP contribution in [-0.4, -0.2) is 61.2 Å². The highest BCUT2D eigenvalue weighted by molar-refractivity contribution is 7.89. The summed E-state index contributed by atoms with van der Waals surface area (Å²) in [5, 5.41) is 17.5. The topological polar surface area (TPSA) is 118 Å². The minimum Gasteiger partial charge on any atom is -0.493 e. The lowest BCUT2D eigenvalue weighted by molar-refractivity contribution is -0.177. The average Bonchev–Trinajstić information content (AvgIpc) is 3.67. The number of rotatable bonds is 6. The van der Waals surface area contributed by atoms with Crippen molar-refractivity contribution >= 4 is 32.8 Å². The van der Waals surface area contributed by atoms with Crippen LogP contribution in [0, 0.1) is 0 Å². The van der Waals surface area contributed by atoms with Gasteiger partial charge in [-0.2, -0.15) is 4.31 Å². The van der Waals surface area contributed by atoms with E-state index in [1.165, 1.54) is 10.4 Å². The van der Waals surface area contributed by atoms with Gasteiger partial charge in [0.05, 0.1) is 47.6 Å². The Morgan fingerprint density at radius 2 is 1.95 bits per heavy atom. The third kappa shape index (κ3) is 3.65. The molecule has 1 spiro atoms. The third-order valence-electron chi connectivity index (χ3n) is 10.3. The van der Waals surface area contributed by atoms with Gasteiger partial charge in [0.15, 0.2) is 11.5 Å². The van der Waals surface area contributed by atoms with Gasteiger partial charge >= 0.3 is 0 Å². The number of nitrogens with zero attached hydrogens (tertiary/aromatic N) is 1. The molecule has 4 aliphatic rings. The van der Waals surface area contributed by atoms with Crippen molar-refractivity contribution in [2.45, 2.75) is 59.8 Å². The molecule has 2 bridgehead atoms. The molecule has 1 saturated heterocycles. The first-order chi connectivity index (χ1) is 21.3. The molecule has 3 heterocycles. The van der Waals surface area contributed by atoms with Gasteiger partial charge in [0.25, 0.3) is 0 Å². The number of fused-ring (bicyclic) bond motifs is 1. The standard InChI is InChI=1S/C34H32N2O7S/c1-41-26-11-10-23-19-28-34(38)15-13-25(35-29(37)12-9-21-14-18-42-20-21)32-33(34,30(23)31(26)43-32)16-17-36(28)44(39,40)27-8-4-6-22-5-2-3-7-24(22)27/h2-12,14,18,20,25,28,32,38H,13,15-17,19H2,1H3,(H,35,37)/b12-9+/t25-,28-,32+,33+,34-/m0/s1. The van der Waals surface area contributed by atoms with Gasteiger partial charge in [0.2, 0.25) is 15.9 Å². The molecule has 0 unspecified atom stereocenters. The van der Waals surface area contributed by atoms with Crippen molar-refractivity contribution in [2.75, 3.05) is 13.7 Å². The molecule has 2 aliphatic carbocycles. The fourth-order valence-corrected chi connectivity index (χ4v) is 10.3. The Morgan fingerprint density at radius 1 is 1.11 bits per heavy atom. The minimum atomic E-state index is -3.99. The van der Waals surface area contributed by atoms with Crippen LogP contribution in [0.2, 0.25) is 0 Å². The minimum absolute atomic E-state index is 0.204. The zero-order valence-electron chi connectivity index (χ0n) is 24.1. The molecule has 226 valence electrons. The number of aliphatic hydroxyl groups is 1. The predicted octanol–water partition coefficient (Wildman–Crippen LogP) is 4.18. The van der Waals surface area contributed by atoms with Crippen LogP contribution >= 0.6 is 0 Å². The summed E-state index contributed by atoms with van der Waals surface area (Å²) in [6, 6.07) is 17.2. The van der Waals surface area contributed by atoms with E-state index >= 15 is 0 Å². The van der Waals surface area contributed by atoms with Crippen LogP contribution in [-0.2, 0) is 26.7 Å². The molecular formula is C34H32N2O7S. The predicted molar refractivity (Wildman–Crippen MR) is 163 cm³/mol. The van der Waals surface area contributed by atoms with Gasteiger partial charge in [-0.3, -0.25) is 4.79 Å². The molecule has 1 saturated carbocycles. The van der Waals surface area contributed by atoms with E-state index in [0.29, 0.717) is 42.6 Å². The normalized spacial score (nSPS) is 28.9. The van der Waals surface area contributed by atoms with Crippen molar-refractivity contribution in [1.29, 1.82) is 0 Å². The second kappa shape index (κ2) is 9.69. The molecule has 2 fully saturated rings. The van der Waals surface area contributed by atoms with Crippen LogP contribution in [0.15, 0.2) is 88.6 Å². The van der Waals surface area contributed by atoms with Crippen molar-refractivity contribution in [1.82, 2.24) is 9.62 Å². The van der Waals surface area contributed by atoms with Gasteiger partial charge in [0, 0.05) is 29.1 Å². The van der Waals surface area contributed by atoms with E-state index in [4.69, 9.17) is 13.9 Å². The van der Waals surface area contributed by atoms with Crippen molar-refractivity contribution in [3.63, 3.8) is 0 Å². The van der Waals surface area contributed by atoms with Crippen molar-refractivity contribution in [3.05, 3.63) is 96.0 Å². The van der Waals surface area contributed by atoms with Gasteiger partial charge in [-0.25, -0.2) is 8.42 Å². The molecule has 3 aromatic carbocycles. The SMILES string of the molecule is COc1ccc2c3c1O[C@@H]1[C@@H](NC(=O)/C=C/c4ccoc4)CC[C@]4(O)[C@H](C2)N(S(=O)(=O)c2cccc5ccccc25)CC[C@@]314. The summed E-state index contributed by atoms with van der Waals surface area (Å²) in [7, 11) is -2.41. The maximum absolute atomic E-state index is 14.5. The molecule has 8 rings (SSSR count). The lowest BCUT2D eigenvalue weighted by atomic mass is 9.48. The monoisotopic (exact) mass is 612 g/mol. The number of amides is 1. The van der Waals surface area contributed by atoms with Crippen LogP contribution in [0.25, 0.3) is 16.8 Å². The number of hydrogen-bond acceptors (Lipinski definition) is 7. The summed E-state index contributed by atoms with van der Waals surface area (Å²) in [6.07, 6.45) is 7.01. The average molecular weight is 613 g/mol. The van der Waals surface area contributed by atoms with E-state index in [2.05, 4.69) is 5.32 Å². The Labute approximate surface area is 255 Å². The third-order valence-corrected chi connectivity index (χ3v) is 12.2.